The largest absolute Gasteiger partial charge is 0.345 e. The van der Waals surface area contributed by atoms with Crippen molar-refractivity contribution in [1.29, 1.82) is 0 Å². The van der Waals surface area contributed by atoms with E-state index in [9.17, 15) is 4.79 Å². The highest BCUT2D eigenvalue weighted by molar-refractivity contribution is 5.79. The number of amides is 1. The molecule has 1 saturated carbocycles. The Labute approximate surface area is 133 Å². The summed E-state index contributed by atoms with van der Waals surface area (Å²) in [7, 11) is 2.15. The summed E-state index contributed by atoms with van der Waals surface area (Å²) in [5, 5.41) is 3.33. The van der Waals surface area contributed by atoms with Crippen molar-refractivity contribution in [2.45, 2.75) is 37.8 Å². The standard InChI is InChI=1S/C18H27N3O/c1-15-13-20(2)11-12-21(15)14-17(22)19-18(9-6-10-18)16-7-4-3-5-8-16/h3-5,7-8,15H,6,9-14H2,1-2H3,(H,19,22). The minimum Gasteiger partial charge on any atom is -0.345 e. The van der Waals surface area contributed by atoms with Crippen LogP contribution in [-0.4, -0.2) is 55.0 Å². The van der Waals surface area contributed by atoms with Gasteiger partial charge in [-0.3, -0.25) is 9.69 Å². The van der Waals surface area contributed by atoms with Gasteiger partial charge in [-0.25, -0.2) is 0 Å². The quantitative estimate of drug-likeness (QED) is 0.921. The number of carbonyl (C=O) groups excluding carboxylic acids is 1. The van der Waals surface area contributed by atoms with Gasteiger partial charge in [0.2, 0.25) is 5.91 Å². The number of nitrogens with zero attached hydrogens (tertiary/aromatic N) is 2. The van der Waals surface area contributed by atoms with Gasteiger partial charge in [-0.05, 0) is 38.8 Å². The Bertz CT molecular complexity index is 512. The van der Waals surface area contributed by atoms with Crippen LogP contribution in [0.5, 0.6) is 0 Å². The summed E-state index contributed by atoms with van der Waals surface area (Å²) >= 11 is 0. The second kappa shape index (κ2) is 6.39. The molecule has 3 rings (SSSR count). The number of piperazine rings is 1. The van der Waals surface area contributed by atoms with Gasteiger partial charge in [-0.1, -0.05) is 30.3 Å². The molecule has 1 saturated heterocycles. The predicted octanol–water partition coefficient (Wildman–Crippen LogP) is 1.82. The Kier molecular flexibility index (Phi) is 4.50. The van der Waals surface area contributed by atoms with Crippen molar-refractivity contribution in [3.8, 4) is 0 Å². The first-order valence-corrected chi connectivity index (χ1v) is 8.38. The van der Waals surface area contributed by atoms with Crippen molar-refractivity contribution in [3.63, 3.8) is 0 Å². The zero-order valence-electron chi connectivity index (χ0n) is 13.7. The smallest absolute Gasteiger partial charge is 0.234 e. The maximum absolute atomic E-state index is 12.6. The molecule has 1 aromatic carbocycles. The molecule has 4 nitrogen and oxygen atoms in total. The van der Waals surface area contributed by atoms with Crippen LogP contribution >= 0.6 is 0 Å². The number of rotatable bonds is 4. The molecule has 1 atom stereocenters. The molecule has 1 aromatic rings. The molecular formula is C18H27N3O. The summed E-state index contributed by atoms with van der Waals surface area (Å²) in [6, 6.07) is 10.9. The first kappa shape index (κ1) is 15.5. The van der Waals surface area contributed by atoms with Crippen LogP contribution in [-0.2, 0) is 10.3 Å². The van der Waals surface area contributed by atoms with Crippen LogP contribution in [0.25, 0.3) is 0 Å². The van der Waals surface area contributed by atoms with Crippen molar-refractivity contribution in [2.75, 3.05) is 33.2 Å². The van der Waals surface area contributed by atoms with Crippen molar-refractivity contribution < 1.29 is 4.79 Å². The Hall–Kier alpha value is -1.39. The maximum atomic E-state index is 12.6. The summed E-state index contributed by atoms with van der Waals surface area (Å²) in [4.78, 5) is 17.2. The molecule has 0 radical (unpaired) electrons. The average Bonchev–Trinajstić information content (AvgIpc) is 2.47. The van der Waals surface area contributed by atoms with Crippen molar-refractivity contribution in [1.82, 2.24) is 15.1 Å². The summed E-state index contributed by atoms with van der Waals surface area (Å²) in [5.74, 6) is 0.167. The lowest BCUT2D eigenvalue weighted by atomic mass is 9.72. The summed E-state index contributed by atoms with van der Waals surface area (Å²) < 4.78 is 0. The fourth-order valence-corrected chi connectivity index (χ4v) is 3.68. The zero-order chi connectivity index (χ0) is 15.6. The van der Waals surface area contributed by atoms with E-state index in [4.69, 9.17) is 0 Å². The van der Waals surface area contributed by atoms with E-state index < -0.39 is 0 Å². The number of benzene rings is 1. The molecule has 0 spiro atoms. The first-order chi connectivity index (χ1) is 10.6. The van der Waals surface area contributed by atoms with Crippen LogP contribution < -0.4 is 5.32 Å². The lowest BCUT2D eigenvalue weighted by Crippen LogP contribution is -2.57. The minimum absolute atomic E-state index is 0.117. The van der Waals surface area contributed by atoms with Gasteiger partial charge in [0.25, 0.3) is 0 Å². The molecule has 1 aliphatic heterocycles. The van der Waals surface area contributed by atoms with Crippen LogP contribution in [0.3, 0.4) is 0 Å². The minimum atomic E-state index is -0.117. The van der Waals surface area contributed by atoms with E-state index in [2.05, 4.69) is 53.4 Å². The first-order valence-electron chi connectivity index (χ1n) is 8.38. The van der Waals surface area contributed by atoms with Gasteiger partial charge < -0.3 is 10.2 Å². The van der Waals surface area contributed by atoms with Crippen LogP contribution in [0.1, 0.15) is 31.7 Å². The third-order valence-corrected chi connectivity index (χ3v) is 5.23. The third kappa shape index (κ3) is 3.18. The maximum Gasteiger partial charge on any atom is 0.234 e. The van der Waals surface area contributed by atoms with E-state index in [0.717, 1.165) is 32.5 Å². The number of hydrogen-bond acceptors (Lipinski definition) is 3. The van der Waals surface area contributed by atoms with E-state index in [0.29, 0.717) is 12.6 Å². The fraction of sp³-hybridized carbons (Fsp3) is 0.611. The molecule has 1 unspecified atom stereocenters. The normalized spacial score (nSPS) is 25.5. The Balaban J connectivity index is 1.61. The highest BCUT2D eigenvalue weighted by Gasteiger charge is 2.40. The molecule has 22 heavy (non-hydrogen) atoms. The zero-order valence-corrected chi connectivity index (χ0v) is 13.7. The summed E-state index contributed by atoms with van der Waals surface area (Å²) in [5.41, 5.74) is 1.13. The SMILES string of the molecule is CC1CN(C)CCN1CC(=O)NC1(c2ccccc2)CCC1. The van der Waals surface area contributed by atoms with Gasteiger partial charge in [-0.2, -0.15) is 0 Å². The Morgan fingerprint density at radius 2 is 2.00 bits per heavy atom. The number of carbonyl (C=O) groups is 1. The van der Waals surface area contributed by atoms with E-state index >= 15 is 0 Å². The summed E-state index contributed by atoms with van der Waals surface area (Å²) in [6.07, 6.45) is 3.31. The topological polar surface area (TPSA) is 35.6 Å². The number of nitrogens with one attached hydrogen (secondary N) is 1. The van der Waals surface area contributed by atoms with E-state index in [1.807, 2.05) is 6.07 Å². The lowest BCUT2D eigenvalue weighted by molar-refractivity contribution is -0.126. The van der Waals surface area contributed by atoms with Gasteiger partial charge in [-0.15, -0.1) is 0 Å². The van der Waals surface area contributed by atoms with Crippen molar-refractivity contribution in [3.05, 3.63) is 35.9 Å². The third-order valence-electron chi connectivity index (χ3n) is 5.23. The molecule has 120 valence electrons. The van der Waals surface area contributed by atoms with E-state index in [1.54, 1.807) is 0 Å². The van der Waals surface area contributed by atoms with Crippen LogP contribution in [0.15, 0.2) is 30.3 Å². The molecule has 1 aliphatic carbocycles. The van der Waals surface area contributed by atoms with Crippen molar-refractivity contribution in [2.24, 2.45) is 0 Å². The highest BCUT2D eigenvalue weighted by Crippen LogP contribution is 2.41. The second-order valence-corrected chi connectivity index (χ2v) is 6.93. The van der Waals surface area contributed by atoms with Crippen LogP contribution in [0, 0.1) is 0 Å². The Morgan fingerprint density at radius 3 is 2.59 bits per heavy atom. The summed E-state index contributed by atoms with van der Waals surface area (Å²) in [6.45, 7) is 5.78. The van der Waals surface area contributed by atoms with Gasteiger partial charge in [0.05, 0.1) is 12.1 Å². The lowest BCUT2D eigenvalue weighted by Gasteiger charge is -2.44. The van der Waals surface area contributed by atoms with Crippen LogP contribution in [0.2, 0.25) is 0 Å². The number of likely N-dealkylation sites (N-methyl/N-ethyl adjacent to an activating group) is 1. The molecule has 0 aromatic heterocycles. The van der Waals surface area contributed by atoms with Gasteiger partial charge in [0.15, 0.2) is 0 Å². The van der Waals surface area contributed by atoms with Gasteiger partial charge in [0.1, 0.15) is 0 Å². The monoisotopic (exact) mass is 301 g/mol. The van der Waals surface area contributed by atoms with E-state index in [1.165, 1.54) is 12.0 Å². The molecular weight excluding hydrogens is 274 g/mol. The molecule has 2 fully saturated rings. The van der Waals surface area contributed by atoms with E-state index in [-0.39, 0.29) is 11.4 Å². The molecule has 1 amide bonds. The van der Waals surface area contributed by atoms with Crippen LogP contribution in [0.4, 0.5) is 0 Å². The fourth-order valence-electron chi connectivity index (χ4n) is 3.68. The molecule has 0 bridgehead atoms. The second-order valence-electron chi connectivity index (χ2n) is 6.93. The molecule has 1 heterocycles. The molecule has 2 aliphatic rings. The molecule has 1 N–H and O–H groups in total. The Morgan fingerprint density at radius 1 is 1.27 bits per heavy atom. The van der Waals surface area contributed by atoms with Crippen molar-refractivity contribution >= 4 is 5.91 Å². The highest BCUT2D eigenvalue weighted by atomic mass is 16.2. The van der Waals surface area contributed by atoms with Gasteiger partial charge in [0, 0.05) is 25.7 Å². The molecule has 4 heteroatoms. The predicted molar refractivity (Wildman–Crippen MR) is 88.6 cm³/mol. The van der Waals surface area contributed by atoms with Gasteiger partial charge >= 0.3 is 0 Å². The average molecular weight is 301 g/mol. The number of hydrogen-bond donors (Lipinski definition) is 1.